The van der Waals surface area contributed by atoms with Gasteiger partial charge in [-0.3, -0.25) is 10.1 Å². The maximum atomic E-state index is 12.4. The molecule has 0 spiro atoms. The van der Waals surface area contributed by atoms with Crippen LogP contribution >= 0.6 is 31.9 Å². The van der Waals surface area contributed by atoms with E-state index in [1.807, 2.05) is 42.5 Å². The molecule has 0 fully saturated rings. The van der Waals surface area contributed by atoms with E-state index in [1.165, 1.54) is 17.7 Å². The highest BCUT2D eigenvalue weighted by Crippen LogP contribution is 2.36. The molecule has 1 heterocycles. The Bertz CT molecular complexity index is 1310. The van der Waals surface area contributed by atoms with Crippen LogP contribution in [0.3, 0.4) is 0 Å². The standard InChI is InChI=1S/C25H18Br2N2O5/c1-15-18(8-5-9-22(15)29(31)32)24-28-21(25(30)34-24)14-17-12-19(26)23(20(27)13-17)33-11-10-16-6-3-2-4-7-16/h2-9,12-14H,10-11H2,1H3/b21-14-. The van der Waals surface area contributed by atoms with E-state index < -0.39 is 10.9 Å². The van der Waals surface area contributed by atoms with Crippen molar-refractivity contribution in [2.75, 3.05) is 6.61 Å². The molecule has 1 aliphatic rings. The number of rotatable bonds is 7. The molecule has 7 nitrogen and oxygen atoms in total. The van der Waals surface area contributed by atoms with E-state index >= 15 is 0 Å². The van der Waals surface area contributed by atoms with Gasteiger partial charge < -0.3 is 9.47 Å². The molecule has 3 aromatic rings. The maximum absolute atomic E-state index is 12.4. The Morgan fingerprint density at radius 2 is 1.79 bits per heavy atom. The first-order valence-corrected chi connectivity index (χ1v) is 11.8. The van der Waals surface area contributed by atoms with Crippen LogP contribution < -0.4 is 4.74 Å². The highest BCUT2D eigenvalue weighted by Gasteiger charge is 2.27. The topological polar surface area (TPSA) is 91.0 Å². The first kappa shape index (κ1) is 23.8. The summed E-state index contributed by atoms with van der Waals surface area (Å²) in [6.07, 6.45) is 2.36. The molecule has 0 bridgehead atoms. The Morgan fingerprint density at radius 1 is 1.09 bits per heavy atom. The first-order chi connectivity index (χ1) is 16.3. The van der Waals surface area contributed by atoms with E-state index in [-0.39, 0.29) is 17.3 Å². The number of ether oxygens (including phenoxy) is 2. The number of esters is 1. The number of hydrogen-bond donors (Lipinski definition) is 0. The third-order valence-corrected chi connectivity index (χ3v) is 6.33. The van der Waals surface area contributed by atoms with Gasteiger partial charge in [-0.1, -0.05) is 36.4 Å². The predicted molar refractivity (Wildman–Crippen MR) is 136 cm³/mol. The lowest BCUT2D eigenvalue weighted by molar-refractivity contribution is -0.385. The van der Waals surface area contributed by atoms with E-state index in [1.54, 1.807) is 19.1 Å². The number of carbonyl (C=O) groups excluding carboxylic acids is 1. The lowest BCUT2D eigenvalue weighted by Crippen LogP contribution is -2.08. The number of cyclic esters (lactones) is 1. The van der Waals surface area contributed by atoms with Crippen LogP contribution in [-0.2, 0) is 16.0 Å². The van der Waals surface area contributed by atoms with Crippen LogP contribution in [0.5, 0.6) is 5.75 Å². The summed E-state index contributed by atoms with van der Waals surface area (Å²) in [6, 6.07) is 18.2. The normalized spacial score (nSPS) is 14.1. The molecular weight excluding hydrogens is 568 g/mol. The van der Waals surface area contributed by atoms with Crippen LogP contribution in [-0.4, -0.2) is 23.4 Å². The van der Waals surface area contributed by atoms with Gasteiger partial charge in [0.1, 0.15) is 5.75 Å². The van der Waals surface area contributed by atoms with Crippen LogP contribution in [0.2, 0.25) is 0 Å². The van der Waals surface area contributed by atoms with Crippen molar-refractivity contribution < 1.29 is 19.2 Å². The van der Waals surface area contributed by atoms with Crippen molar-refractivity contribution in [3.63, 3.8) is 0 Å². The number of nitro groups is 1. The second-order valence-corrected chi connectivity index (χ2v) is 9.15. The Hall–Kier alpha value is -3.30. The molecule has 1 aliphatic heterocycles. The fourth-order valence-electron chi connectivity index (χ4n) is 3.45. The van der Waals surface area contributed by atoms with Gasteiger partial charge in [-0.05, 0) is 74.2 Å². The number of benzene rings is 3. The molecule has 4 rings (SSSR count). The molecule has 0 unspecified atom stereocenters. The van der Waals surface area contributed by atoms with Crippen molar-refractivity contribution >= 4 is 55.5 Å². The minimum Gasteiger partial charge on any atom is -0.491 e. The van der Waals surface area contributed by atoms with Crippen molar-refractivity contribution in [1.29, 1.82) is 0 Å². The van der Waals surface area contributed by atoms with Gasteiger partial charge in [-0.15, -0.1) is 0 Å². The van der Waals surface area contributed by atoms with Gasteiger partial charge in [-0.25, -0.2) is 9.79 Å². The fraction of sp³-hybridized carbons (Fsp3) is 0.120. The summed E-state index contributed by atoms with van der Waals surface area (Å²) in [6.45, 7) is 2.10. The summed E-state index contributed by atoms with van der Waals surface area (Å²) in [5.41, 5.74) is 2.69. The van der Waals surface area contributed by atoms with Crippen molar-refractivity contribution in [2.45, 2.75) is 13.3 Å². The molecule has 34 heavy (non-hydrogen) atoms. The SMILES string of the molecule is Cc1c(C2=N/C(=C\c3cc(Br)c(OCCc4ccccc4)c(Br)c3)C(=O)O2)cccc1[N+](=O)[O-]. The number of carbonyl (C=O) groups is 1. The minimum absolute atomic E-state index is 0.0384. The number of nitro benzene ring substituents is 1. The van der Waals surface area contributed by atoms with E-state index in [4.69, 9.17) is 9.47 Å². The zero-order valence-electron chi connectivity index (χ0n) is 18.0. The van der Waals surface area contributed by atoms with E-state index in [0.29, 0.717) is 38.0 Å². The van der Waals surface area contributed by atoms with Crippen molar-refractivity contribution in [3.8, 4) is 5.75 Å². The number of nitrogens with zero attached hydrogens (tertiary/aromatic N) is 2. The summed E-state index contributed by atoms with van der Waals surface area (Å²) < 4.78 is 12.7. The van der Waals surface area contributed by atoms with Crippen LogP contribution in [0.15, 0.2) is 80.3 Å². The third kappa shape index (κ3) is 5.26. The Kier molecular flexibility index (Phi) is 7.23. The number of halogens is 2. The first-order valence-electron chi connectivity index (χ1n) is 10.3. The van der Waals surface area contributed by atoms with Crippen molar-refractivity contribution in [3.05, 3.63) is 108 Å². The van der Waals surface area contributed by atoms with Gasteiger partial charge >= 0.3 is 5.97 Å². The number of hydrogen-bond acceptors (Lipinski definition) is 6. The maximum Gasteiger partial charge on any atom is 0.363 e. The van der Waals surface area contributed by atoms with Gasteiger partial charge in [0.2, 0.25) is 5.90 Å². The second-order valence-electron chi connectivity index (χ2n) is 7.44. The molecule has 0 aliphatic carbocycles. The molecule has 172 valence electrons. The molecule has 0 saturated heterocycles. The molecule has 0 radical (unpaired) electrons. The molecule has 3 aromatic carbocycles. The monoisotopic (exact) mass is 584 g/mol. The zero-order valence-corrected chi connectivity index (χ0v) is 21.1. The van der Waals surface area contributed by atoms with Crippen LogP contribution in [0, 0.1) is 17.0 Å². The minimum atomic E-state index is -0.628. The predicted octanol–water partition coefficient (Wildman–Crippen LogP) is 6.39. The summed E-state index contributed by atoms with van der Waals surface area (Å²) in [7, 11) is 0. The summed E-state index contributed by atoms with van der Waals surface area (Å²) in [5, 5.41) is 11.2. The molecule has 0 aromatic heterocycles. The van der Waals surface area contributed by atoms with E-state index in [2.05, 4.69) is 36.9 Å². The van der Waals surface area contributed by atoms with Gasteiger partial charge in [0, 0.05) is 23.6 Å². The lowest BCUT2D eigenvalue weighted by Gasteiger charge is -2.11. The molecule has 9 heteroatoms. The number of aliphatic imine (C=N–C) groups is 1. The Morgan fingerprint density at radius 3 is 2.47 bits per heavy atom. The average molecular weight is 586 g/mol. The molecular formula is C25H18Br2N2O5. The highest BCUT2D eigenvalue weighted by molar-refractivity contribution is 9.11. The van der Waals surface area contributed by atoms with Gasteiger partial charge in [0.05, 0.1) is 20.5 Å². The third-order valence-electron chi connectivity index (χ3n) is 5.16. The average Bonchev–Trinajstić information content (AvgIpc) is 3.16. The van der Waals surface area contributed by atoms with E-state index in [0.717, 1.165) is 6.42 Å². The summed E-state index contributed by atoms with van der Waals surface area (Å²) >= 11 is 7.06. The van der Waals surface area contributed by atoms with Crippen LogP contribution in [0.4, 0.5) is 5.69 Å². The smallest absolute Gasteiger partial charge is 0.363 e. The van der Waals surface area contributed by atoms with Gasteiger partial charge in [0.15, 0.2) is 5.70 Å². The molecule has 0 amide bonds. The highest BCUT2D eigenvalue weighted by atomic mass is 79.9. The second kappa shape index (κ2) is 10.3. The molecule has 0 atom stereocenters. The van der Waals surface area contributed by atoms with Crippen LogP contribution in [0.25, 0.3) is 6.08 Å². The summed E-state index contributed by atoms with van der Waals surface area (Å²) in [4.78, 5) is 27.4. The fourth-order valence-corrected chi connectivity index (χ4v) is 4.90. The van der Waals surface area contributed by atoms with Crippen LogP contribution in [0.1, 0.15) is 22.3 Å². The summed E-state index contributed by atoms with van der Waals surface area (Å²) in [5.74, 6) is 0.0660. The lowest BCUT2D eigenvalue weighted by atomic mass is 10.1. The Balaban J connectivity index is 1.54. The largest absolute Gasteiger partial charge is 0.491 e. The van der Waals surface area contributed by atoms with Gasteiger partial charge in [0.25, 0.3) is 5.69 Å². The van der Waals surface area contributed by atoms with Crippen molar-refractivity contribution in [1.82, 2.24) is 0 Å². The van der Waals surface area contributed by atoms with Crippen molar-refractivity contribution in [2.24, 2.45) is 4.99 Å². The zero-order chi connectivity index (χ0) is 24.2. The quantitative estimate of drug-likeness (QED) is 0.139. The van der Waals surface area contributed by atoms with E-state index in [9.17, 15) is 14.9 Å². The molecule has 0 N–H and O–H groups in total. The molecule has 0 saturated carbocycles. The Labute approximate surface area is 212 Å². The van der Waals surface area contributed by atoms with Gasteiger partial charge in [-0.2, -0.15) is 0 Å².